The van der Waals surface area contributed by atoms with Crippen molar-refractivity contribution >= 4 is 11.8 Å². The summed E-state index contributed by atoms with van der Waals surface area (Å²) in [7, 11) is 0. The topological polar surface area (TPSA) is 49.4 Å². The second kappa shape index (κ2) is 12.7. The number of aryl methyl sites for hydroxylation is 2. The molecule has 4 nitrogen and oxygen atoms in total. The molecule has 3 aromatic carbocycles. The van der Waals surface area contributed by atoms with Crippen LogP contribution in [0, 0.1) is 6.92 Å². The van der Waals surface area contributed by atoms with Crippen molar-refractivity contribution in [2.75, 3.05) is 0 Å². The molecule has 0 saturated carbocycles. The van der Waals surface area contributed by atoms with Crippen molar-refractivity contribution in [1.29, 1.82) is 0 Å². The Hall–Kier alpha value is -3.40. The maximum Gasteiger partial charge on any atom is 0.243 e. The summed E-state index contributed by atoms with van der Waals surface area (Å²) < 4.78 is 0. The van der Waals surface area contributed by atoms with Gasteiger partial charge in [-0.1, -0.05) is 91.9 Å². The van der Waals surface area contributed by atoms with Crippen molar-refractivity contribution in [3.8, 4) is 0 Å². The minimum Gasteiger partial charge on any atom is -0.352 e. The van der Waals surface area contributed by atoms with Crippen LogP contribution in [-0.2, 0) is 29.0 Å². The number of carbonyl (C=O) groups excluding carboxylic acids is 2. The van der Waals surface area contributed by atoms with E-state index in [1.165, 1.54) is 0 Å². The number of nitrogens with zero attached hydrogens (tertiary/aromatic N) is 1. The van der Waals surface area contributed by atoms with E-state index < -0.39 is 6.04 Å². The fourth-order valence-corrected chi connectivity index (χ4v) is 4.01. The molecule has 1 N–H and O–H groups in total. The van der Waals surface area contributed by atoms with Crippen molar-refractivity contribution in [2.45, 2.75) is 65.1 Å². The Morgan fingerprint density at radius 3 is 2.06 bits per heavy atom. The number of amides is 2. The Bertz CT molecular complexity index is 1050. The summed E-state index contributed by atoms with van der Waals surface area (Å²) in [6.45, 7) is 6.51. The molecular formula is C30H36N2O2. The molecule has 3 rings (SSSR count). The Labute approximate surface area is 204 Å². The Kier molecular flexibility index (Phi) is 9.45. The molecule has 0 fully saturated rings. The summed E-state index contributed by atoms with van der Waals surface area (Å²) in [6, 6.07) is 27.5. The van der Waals surface area contributed by atoms with Crippen LogP contribution in [-0.4, -0.2) is 28.8 Å². The number of hydrogen-bond acceptors (Lipinski definition) is 2. The van der Waals surface area contributed by atoms with Crippen LogP contribution in [0.25, 0.3) is 0 Å². The number of nitrogens with one attached hydrogen (secondary N) is 1. The summed E-state index contributed by atoms with van der Waals surface area (Å²) in [5, 5.41) is 3.13. The molecule has 2 atom stereocenters. The van der Waals surface area contributed by atoms with Gasteiger partial charge >= 0.3 is 0 Å². The van der Waals surface area contributed by atoms with Crippen LogP contribution in [0.1, 0.15) is 48.9 Å². The third-order valence-electron chi connectivity index (χ3n) is 6.34. The largest absolute Gasteiger partial charge is 0.352 e. The fraction of sp³-hybridized carbons (Fsp3) is 0.333. The molecule has 178 valence electrons. The molecule has 4 heteroatoms. The summed E-state index contributed by atoms with van der Waals surface area (Å²) in [5.74, 6) is -0.104. The van der Waals surface area contributed by atoms with E-state index in [1.54, 1.807) is 4.90 Å². The van der Waals surface area contributed by atoms with Crippen LogP contribution in [0.5, 0.6) is 0 Å². The van der Waals surface area contributed by atoms with Crippen LogP contribution in [0.3, 0.4) is 0 Å². The van der Waals surface area contributed by atoms with Gasteiger partial charge in [-0.3, -0.25) is 9.59 Å². The lowest BCUT2D eigenvalue weighted by molar-refractivity contribution is -0.141. The van der Waals surface area contributed by atoms with Crippen LogP contribution < -0.4 is 5.32 Å². The zero-order chi connectivity index (χ0) is 24.3. The molecule has 3 aromatic rings. The minimum atomic E-state index is -0.584. The molecule has 0 aliphatic rings. The van der Waals surface area contributed by atoms with Gasteiger partial charge in [0.1, 0.15) is 6.04 Å². The van der Waals surface area contributed by atoms with E-state index >= 15 is 0 Å². The van der Waals surface area contributed by atoms with E-state index in [0.717, 1.165) is 28.7 Å². The first-order valence-corrected chi connectivity index (χ1v) is 12.2. The second-order valence-electron chi connectivity index (χ2n) is 8.96. The predicted octanol–water partition coefficient (Wildman–Crippen LogP) is 5.48. The van der Waals surface area contributed by atoms with Gasteiger partial charge < -0.3 is 10.2 Å². The average molecular weight is 457 g/mol. The van der Waals surface area contributed by atoms with Gasteiger partial charge in [-0.05, 0) is 48.9 Å². The highest BCUT2D eigenvalue weighted by atomic mass is 16.2. The Morgan fingerprint density at radius 1 is 0.853 bits per heavy atom. The molecule has 0 aliphatic carbocycles. The first kappa shape index (κ1) is 25.2. The van der Waals surface area contributed by atoms with Gasteiger partial charge in [-0.2, -0.15) is 0 Å². The van der Waals surface area contributed by atoms with E-state index in [2.05, 4.69) is 5.32 Å². The smallest absolute Gasteiger partial charge is 0.243 e. The summed E-state index contributed by atoms with van der Waals surface area (Å²) in [6.07, 6.45) is 2.32. The van der Waals surface area contributed by atoms with E-state index in [0.29, 0.717) is 25.8 Å². The van der Waals surface area contributed by atoms with E-state index in [9.17, 15) is 9.59 Å². The lowest BCUT2D eigenvalue weighted by Gasteiger charge is -2.33. The first-order valence-electron chi connectivity index (χ1n) is 12.2. The van der Waals surface area contributed by atoms with Gasteiger partial charge in [0.2, 0.25) is 11.8 Å². The molecule has 0 aliphatic heterocycles. The third kappa shape index (κ3) is 7.31. The van der Waals surface area contributed by atoms with Crippen LogP contribution in [0.15, 0.2) is 84.9 Å². The van der Waals surface area contributed by atoms with Crippen molar-refractivity contribution in [1.82, 2.24) is 10.2 Å². The van der Waals surface area contributed by atoms with E-state index in [1.807, 2.05) is 106 Å². The molecular weight excluding hydrogens is 420 g/mol. The summed E-state index contributed by atoms with van der Waals surface area (Å²) in [4.78, 5) is 29.0. The highest BCUT2D eigenvalue weighted by Crippen LogP contribution is 2.19. The van der Waals surface area contributed by atoms with Gasteiger partial charge in [0.05, 0.1) is 0 Å². The predicted molar refractivity (Wildman–Crippen MR) is 138 cm³/mol. The molecule has 0 radical (unpaired) electrons. The lowest BCUT2D eigenvalue weighted by atomic mass is 10.00. The van der Waals surface area contributed by atoms with Crippen molar-refractivity contribution < 1.29 is 9.59 Å². The first-order chi connectivity index (χ1) is 16.5. The molecule has 0 saturated heterocycles. The average Bonchev–Trinajstić information content (AvgIpc) is 2.86. The second-order valence-corrected chi connectivity index (χ2v) is 8.96. The standard InChI is InChI=1S/C30H36N2O2/c1-4-24(3)31-30(34)28(21-26-16-9-6-10-17-26)32(22-27-18-12-11-13-23(27)2)29(33)20-19-25-14-7-5-8-15-25/h5-18,24,28H,4,19-22H2,1-3H3,(H,31,34)/t24-,28+/m0/s1. The number of benzene rings is 3. The van der Waals surface area contributed by atoms with Gasteiger partial charge in [0.15, 0.2) is 0 Å². The van der Waals surface area contributed by atoms with Gasteiger partial charge in [0, 0.05) is 25.4 Å². The zero-order valence-electron chi connectivity index (χ0n) is 20.5. The normalized spacial score (nSPS) is 12.6. The monoisotopic (exact) mass is 456 g/mol. The molecule has 0 unspecified atom stereocenters. The summed E-state index contributed by atoms with van der Waals surface area (Å²) in [5.41, 5.74) is 4.34. The van der Waals surface area contributed by atoms with E-state index in [4.69, 9.17) is 0 Å². The van der Waals surface area contributed by atoms with E-state index in [-0.39, 0.29) is 17.9 Å². The number of hydrogen-bond donors (Lipinski definition) is 1. The number of rotatable bonds is 11. The molecule has 0 bridgehead atoms. The molecule has 34 heavy (non-hydrogen) atoms. The number of carbonyl (C=O) groups is 2. The van der Waals surface area contributed by atoms with Crippen LogP contribution in [0.2, 0.25) is 0 Å². The van der Waals surface area contributed by atoms with Crippen LogP contribution >= 0.6 is 0 Å². The Balaban J connectivity index is 1.92. The maximum atomic E-state index is 13.7. The lowest BCUT2D eigenvalue weighted by Crippen LogP contribution is -2.52. The highest BCUT2D eigenvalue weighted by Gasteiger charge is 2.31. The van der Waals surface area contributed by atoms with Crippen molar-refractivity contribution in [3.63, 3.8) is 0 Å². The quantitative estimate of drug-likeness (QED) is 0.415. The fourth-order valence-electron chi connectivity index (χ4n) is 4.01. The molecule has 0 aromatic heterocycles. The van der Waals surface area contributed by atoms with Crippen LogP contribution in [0.4, 0.5) is 0 Å². The zero-order valence-corrected chi connectivity index (χ0v) is 20.5. The molecule has 2 amide bonds. The van der Waals surface area contributed by atoms with Crippen molar-refractivity contribution in [3.05, 3.63) is 107 Å². The van der Waals surface area contributed by atoms with Gasteiger partial charge in [0.25, 0.3) is 0 Å². The maximum absolute atomic E-state index is 13.7. The Morgan fingerprint density at radius 2 is 1.44 bits per heavy atom. The highest BCUT2D eigenvalue weighted by molar-refractivity contribution is 5.88. The molecule has 0 spiro atoms. The molecule has 0 heterocycles. The van der Waals surface area contributed by atoms with Crippen molar-refractivity contribution in [2.24, 2.45) is 0 Å². The minimum absolute atomic E-state index is 0.00709. The summed E-state index contributed by atoms with van der Waals surface area (Å²) >= 11 is 0. The van der Waals surface area contributed by atoms with Gasteiger partial charge in [-0.15, -0.1) is 0 Å². The SMILES string of the molecule is CC[C@H](C)NC(=O)[C@@H](Cc1ccccc1)N(Cc1ccccc1C)C(=O)CCc1ccccc1. The van der Waals surface area contributed by atoms with Gasteiger partial charge in [-0.25, -0.2) is 0 Å². The third-order valence-corrected chi connectivity index (χ3v) is 6.34.